The maximum atomic E-state index is 11.6. The van der Waals surface area contributed by atoms with Gasteiger partial charge in [-0.1, -0.05) is 30.3 Å². The minimum Gasteiger partial charge on any atom is -0.455 e. The molecule has 0 fully saturated rings. The Kier molecular flexibility index (Phi) is 5.83. The van der Waals surface area contributed by atoms with Crippen LogP contribution in [0.2, 0.25) is 0 Å². The summed E-state index contributed by atoms with van der Waals surface area (Å²) in [7, 11) is 0. The van der Waals surface area contributed by atoms with E-state index in [-0.39, 0.29) is 11.9 Å². The maximum absolute atomic E-state index is 11.6. The standard InChI is InChI=1S/C18H22N2O2/c1-14(2)20-18(21)12-13-19-16-10-6-7-11-17(16)22-15-8-4-3-5-9-15/h3-11,14,19H,12-13H2,1-2H3,(H,20,21). The number of ether oxygens (including phenoxy) is 1. The zero-order valence-corrected chi connectivity index (χ0v) is 13.0. The summed E-state index contributed by atoms with van der Waals surface area (Å²) in [5.41, 5.74) is 0.878. The lowest BCUT2D eigenvalue weighted by atomic mass is 10.2. The lowest BCUT2D eigenvalue weighted by molar-refractivity contribution is -0.121. The van der Waals surface area contributed by atoms with Crippen LogP contribution in [0, 0.1) is 0 Å². The van der Waals surface area contributed by atoms with Crippen molar-refractivity contribution in [2.24, 2.45) is 0 Å². The molecule has 2 aromatic carbocycles. The van der Waals surface area contributed by atoms with Crippen LogP contribution >= 0.6 is 0 Å². The Bertz CT molecular complexity index is 597. The van der Waals surface area contributed by atoms with Crippen LogP contribution in [0.25, 0.3) is 0 Å². The number of para-hydroxylation sites is 3. The Hall–Kier alpha value is -2.49. The lowest BCUT2D eigenvalue weighted by Crippen LogP contribution is -2.31. The third-order valence-corrected chi connectivity index (χ3v) is 2.98. The number of rotatable bonds is 7. The van der Waals surface area contributed by atoms with Gasteiger partial charge < -0.3 is 15.4 Å². The van der Waals surface area contributed by atoms with Crippen molar-refractivity contribution in [1.82, 2.24) is 5.32 Å². The highest BCUT2D eigenvalue weighted by Crippen LogP contribution is 2.28. The molecule has 22 heavy (non-hydrogen) atoms. The van der Waals surface area contributed by atoms with Crippen molar-refractivity contribution in [2.75, 3.05) is 11.9 Å². The first kappa shape index (κ1) is 15.9. The number of anilines is 1. The molecule has 116 valence electrons. The number of hydrogen-bond acceptors (Lipinski definition) is 3. The van der Waals surface area contributed by atoms with Gasteiger partial charge in [0.2, 0.25) is 5.91 Å². The highest BCUT2D eigenvalue weighted by Gasteiger charge is 2.06. The predicted molar refractivity (Wildman–Crippen MR) is 89.3 cm³/mol. The van der Waals surface area contributed by atoms with E-state index in [4.69, 9.17) is 4.74 Å². The first-order valence-electron chi connectivity index (χ1n) is 7.50. The number of nitrogens with one attached hydrogen (secondary N) is 2. The van der Waals surface area contributed by atoms with E-state index in [2.05, 4.69) is 10.6 Å². The molecular weight excluding hydrogens is 276 g/mol. The molecule has 2 rings (SSSR count). The molecule has 0 heterocycles. The summed E-state index contributed by atoms with van der Waals surface area (Å²) in [5.74, 6) is 1.58. The zero-order chi connectivity index (χ0) is 15.8. The molecule has 4 nitrogen and oxygen atoms in total. The van der Waals surface area contributed by atoms with Gasteiger partial charge in [-0.3, -0.25) is 4.79 Å². The average molecular weight is 298 g/mol. The molecule has 0 aliphatic rings. The second kappa shape index (κ2) is 8.08. The van der Waals surface area contributed by atoms with Gasteiger partial charge in [0.05, 0.1) is 5.69 Å². The highest BCUT2D eigenvalue weighted by atomic mass is 16.5. The van der Waals surface area contributed by atoms with Gasteiger partial charge in [-0.25, -0.2) is 0 Å². The summed E-state index contributed by atoms with van der Waals surface area (Å²) in [4.78, 5) is 11.6. The molecule has 0 radical (unpaired) electrons. The van der Waals surface area contributed by atoms with Gasteiger partial charge in [0.25, 0.3) is 0 Å². The quantitative estimate of drug-likeness (QED) is 0.817. The summed E-state index contributed by atoms with van der Waals surface area (Å²) in [6.45, 7) is 4.47. The van der Waals surface area contributed by atoms with Crippen LogP contribution in [-0.4, -0.2) is 18.5 Å². The van der Waals surface area contributed by atoms with Crippen LogP contribution in [0.3, 0.4) is 0 Å². The van der Waals surface area contributed by atoms with Gasteiger partial charge in [0.15, 0.2) is 5.75 Å². The number of carbonyl (C=O) groups is 1. The number of carbonyl (C=O) groups excluding carboxylic acids is 1. The largest absolute Gasteiger partial charge is 0.455 e. The zero-order valence-electron chi connectivity index (χ0n) is 13.0. The molecule has 2 N–H and O–H groups in total. The van der Waals surface area contributed by atoms with Crippen LogP contribution < -0.4 is 15.4 Å². The molecule has 1 amide bonds. The van der Waals surface area contributed by atoms with Gasteiger partial charge in [-0.15, -0.1) is 0 Å². The third kappa shape index (κ3) is 5.13. The fourth-order valence-corrected chi connectivity index (χ4v) is 2.02. The van der Waals surface area contributed by atoms with Gasteiger partial charge >= 0.3 is 0 Å². The molecule has 0 saturated carbocycles. The normalized spacial score (nSPS) is 10.3. The minimum atomic E-state index is 0.0453. The van der Waals surface area contributed by atoms with Crippen molar-refractivity contribution in [3.63, 3.8) is 0 Å². The fraction of sp³-hybridized carbons (Fsp3) is 0.278. The Morgan fingerprint density at radius 1 is 1.05 bits per heavy atom. The average Bonchev–Trinajstić information content (AvgIpc) is 2.49. The van der Waals surface area contributed by atoms with E-state index < -0.39 is 0 Å². The monoisotopic (exact) mass is 298 g/mol. The summed E-state index contributed by atoms with van der Waals surface area (Å²) < 4.78 is 5.87. The first-order valence-corrected chi connectivity index (χ1v) is 7.50. The molecule has 0 aliphatic heterocycles. The molecule has 0 bridgehead atoms. The molecule has 0 unspecified atom stereocenters. The summed E-state index contributed by atoms with van der Waals surface area (Å²) >= 11 is 0. The molecule has 4 heteroatoms. The van der Waals surface area contributed by atoms with Crippen LogP contribution in [0.5, 0.6) is 11.5 Å². The lowest BCUT2D eigenvalue weighted by Gasteiger charge is -2.13. The number of amides is 1. The van der Waals surface area contributed by atoms with Crippen molar-refractivity contribution < 1.29 is 9.53 Å². The van der Waals surface area contributed by atoms with Crippen molar-refractivity contribution in [3.05, 3.63) is 54.6 Å². The smallest absolute Gasteiger partial charge is 0.221 e. The van der Waals surface area contributed by atoms with Gasteiger partial charge in [-0.2, -0.15) is 0 Å². The summed E-state index contributed by atoms with van der Waals surface area (Å²) in [6.07, 6.45) is 0.428. The molecule has 0 atom stereocenters. The van der Waals surface area contributed by atoms with Gasteiger partial charge in [0.1, 0.15) is 5.75 Å². The topological polar surface area (TPSA) is 50.4 Å². The maximum Gasteiger partial charge on any atom is 0.221 e. The number of benzene rings is 2. The van der Waals surface area contributed by atoms with E-state index in [0.717, 1.165) is 17.2 Å². The minimum absolute atomic E-state index is 0.0453. The van der Waals surface area contributed by atoms with E-state index >= 15 is 0 Å². The second-order valence-electron chi connectivity index (χ2n) is 5.31. The van der Waals surface area contributed by atoms with E-state index in [0.29, 0.717) is 13.0 Å². The molecule has 0 saturated heterocycles. The van der Waals surface area contributed by atoms with Crippen LogP contribution in [0.15, 0.2) is 54.6 Å². The number of hydrogen-bond donors (Lipinski definition) is 2. The van der Waals surface area contributed by atoms with Crippen LogP contribution in [0.4, 0.5) is 5.69 Å². The van der Waals surface area contributed by atoms with Crippen molar-refractivity contribution in [1.29, 1.82) is 0 Å². The summed E-state index contributed by atoms with van der Waals surface area (Å²) in [6, 6.07) is 17.5. The third-order valence-electron chi connectivity index (χ3n) is 2.98. The second-order valence-corrected chi connectivity index (χ2v) is 5.31. The first-order chi connectivity index (χ1) is 10.6. The SMILES string of the molecule is CC(C)NC(=O)CCNc1ccccc1Oc1ccccc1. The van der Waals surface area contributed by atoms with Gasteiger partial charge in [-0.05, 0) is 38.1 Å². The molecule has 0 aromatic heterocycles. The van der Waals surface area contributed by atoms with E-state index in [1.54, 1.807) is 0 Å². The summed E-state index contributed by atoms with van der Waals surface area (Å²) in [5, 5.41) is 6.13. The van der Waals surface area contributed by atoms with Crippen molar-refractivity contribution in [3.8, 4) is 11.5 Å². The van der Waals surface area contributed by atoms with Crippen molar-refractivity contribution in [2.45, 2.75) is 26.3 Å². The molecule has 0 aliphatic carbocycles. The molecule has 0 spiro atoms. The van der Waals surface area contributed by atoms with Crippen molar-refractivity contribution >= 4 is 11.6 Å². The van der Waals surface area contributed by atoms with Gasteiger partial charge in [0, 0.05) is 19.0 Å². The van der Waals surface area contributed by atoms with E-state index in [1.807, 2.05) is 68.4 Å². The Morgan fingerprint density at radius 3 is 2.45 bits per heavy atom. The van der Waals surface area contributed by atoms with Crippen LogP contribution in [0.1, 0.15) is 20.3 Å². The fourth-order valence-electron chi connectivity index (χ4n) is 2.02. The Balaban J connectivity index is 1.93. The molecule has 2 aromatic rings. The molecular formula is C18H22N2O2. The Labute approximate surface area is 131 Å². The van der Waals surface area contributed by atoms with E-state index in [1.165, 1.54) is 0 Å². The van der Waals surface area contributed by atoms with E-state index in [9.17, 15) is 4.79 Å². The Morgan fingerprint density at radius 2 is 1.73 bits per heavy atom. The van der Waals surface area contributed by atoms with Crippen LogP contribution in [-0.2, 0) is 4.79 Å². The highest BCUT2D eigenvalue weighted by molar-refractivity contribution is 5.76. The predicted octanol–water partition coefficient (Wildman–Crippen LogP) is 3.81.